The minimum Gasteiger partial charge on any atom is -0.339 e. The summed E-state index contributed by atoms with van der Waals surface area (Å²) in [5, 5.41) is 39.3. The summed E-state index contributed by atoms with van der Waals surface area (Å²) in [6, 6.07) is 43.3. The second kappa shape index (κ2) is 27.5. The molecule has 0 spiro atoms. The Morgan fingerprint density at radius 3 is 1.32 bits per heavy atom. The van der Waals surface area contributed by atoms with Gasteiger partial charge in [-0.15, -0.1) is 0 Å². The van der Waals surface area contributed by atoms with Gasteiger partial charge in [0, 0.05) is 93.7 Å². The lowest BCUT2D eigenvalue weighted by molar-refractivity contribution is -0.118. The number of H-pyrrole nitrogens is 2. The Hall–Kier alpha value is -10.1. The van der Waals surface area contributed by atoms with Crippen molar-refractivity contribution < 1.29 is 19.2 Å². The summed E-state index contributed by atoms with van der Waals surface area (Å²) in [5.41, 5.74) is 30.5. The van der Waals surface area contributed by atoms with E-state index >= 15 is 0 Å². The Morgan fingerprint density at radius 1 is 0.567 bits per heavy atom. The molecule has 4 amide bonds. The van der Waals surface area contributed by atoms with Gasteiger partial charge in [0.15, 0.2) is 0 Å². The van der Waals surface area contributed by atoms with Crippen molar-refractivity contribution in [1.82, 2.24) is 50.6 Å². The Balaban J connectivity index is 0.000000214. The fourth-order valence-electron chi connectivity index (χ4n) is 10.5. The smallest absolute Gasteiger partial charge is 0.270 e. The van der Waals surface area contributed by atoms with Crippen LogP contribution >= 0.6 is 23.2 Å². The highest BCUT2D eigenvalue weighted by atomic mass is 35.5. The van der Waals surface area contributed by atoms with E-state index in [4.69, 9.17) is 34.5 Å². The maximum absolute atomic E-state index is 13.8. The first-order valence-electron chi connectivity index (χ1n) is 28.9. The molecule has 20 nitrogen and oxygen atoms in total. The van der Waals surface area contributed by atoms with Gasteiger partial charge in [-0.05, 0) is 169 Å². The van der Waals surface area contributed by atoms with Gasteiger partial charge in [0.2, 0.25) is 11.8 Å². The molecule has 4 aromatic heterocycles. The van der Waals surface area contributed by atoms with Crippen molar-refractivity contribution in [2.75, 3.05) is 10.6 Å². The van der Waals surface area contributed by atoms with Crippen molar-refractivity contribution in [3.8, 4) is 44.5 Å². The molecule has 10 aromatic rings. The Bertz CT molecular complexity index is 4280. The largest absolute Gasteiger partial charge is 0.339 e. The third-order valence-corrected chi connectivity index (χ3v) is 16.3. The molecule has 0 aliphatic carbocycles. The average Bonchev–Trinajstić information content (AvgIpc) is 2.26. The summed E-state index contributed by atoms with van der Waals surface area (Å²) in [4.78, 5) is 57.0. The predicted molar refractivity (Wildman–Crippen MR) is 354 cm³/mol. The van der Waals surface area contributed by atoms with Crippen LogP contribution < -0.4 is 27.0 Å². The number of halogens is 2. The van der Waals surface area contributed by atoms with Crippen LogP contribution in [0, 0.1) is 27.7 Å². The van der Waals surface area contributed by atoms with Crippen LogP contribution in [-0.4, -0.2) is 75.7 Å². The van der Waals surface area contributed by atoms with E-state index in [2.05, 4.69) is 68.0 Å². The fraction of sp³-hybridized carbons (Fsp3) is 0.235. The molecular formula is C68H70Cl2N16O4. The zero-order chi connectivity index (χ0) is 64.6. The van der Waals surface area contributed by atoms with Gasteiger partial charge in [0.05, 0.1) is 16.9 Å². The maximum Gasteiger partial charge on any atom is 0.270 e. The summed E-state index contributed by atoms with van der Waals surface area (Å²) in [7, 11) is 3.33. The van der Waals surface area contributed by atoms with Gasteiger partial charge in [0.1, 0.15) is 23.5 Å². The number of benzene rings is 6. The van der Waals surface area contributed by atoms with Crippen LogP contribution in [0.25, 0.3) is 55.0 Å². The molecule has 0 saturated heterocycles. The van der Waals surface area contributed by atoms with Crippen LogP contribution in [0.15, 0.2) is 163 Å². The molecule has 0 bridgehead atoms. The number of aryl methyl sites for hydroxylation is 6. The van der Waals surface area contributed by atoms with E-state index in [0.29, 0.717) is 43.9 Å². The zero-order valence-corrected chi connectivity index (χ0v) is 53.1. The first-order valence-corrected chi connectivity index (χ1v) is 29.7. The van der Waals surface area contributed by atoms with Crippen LogP contribution in [0.5, 0.6) is 0 Å². The molecule has 10 rings (SSSR count). The van der Waals surface area contributed by atoms with E-state index in [1.54, 1.807) is 32.3 Å². The monoisotopic (exact) mass is 1240 g/mol. The van der Waals surface area contributed by atoms with Crippen LogP contribution in [0.1, 0.15) is 93.7 Å². The summed E-state index contributed by atoms with van der Waals surface area (Å²) < 4.78 is 2.91. The van der Waals surface area contributed by atoms with Gasteiger partial charge in [-0.1, -0.05) is 121 Å². The predicted octanol–water partition coefficient (Wildman–Crippen LogP) is 13.2. The third kappa shape index (κ3) is 15.2. The van der Waals surface area contributed by atoms with E-state index in [-0.39, 0.29) is 18.7 Å². The minimum absolute atomic E-state index is 0.123. The number of hydrogen-bond acceptors (Lipinski definition) is 10. The lowest BCUT2D eigenvalue weighted by Crippen LogP contribution is -2.45. The van der Waals surface area contributed by atoms with Crippen LogP contribution in [0.3, 0.4) is 0 Å². The number of aromatic nitrogens is 8. The summed E-state index contributed by atoms with van der Waals surface area (Å²) in [6.45, 7) is 15.4. The first-order chi connectivity index (χ1) is 42.9. The SMILES string of the molecule is Cc1n[nH]c(C)c1-c1ccc(NC(=O)[C@H](Cc2cc(-c3cccc(C(C)(C)N)c3)ccc2Cl)NC(=O)c2ccnn2C)cc1.Cc1n[nH]c(C)c1-c1ccc(NC(=O)[C@H](Cc2cc(-c3cccc(C(C)(C)N=[N+]=[N-])c3)ccc2Cl)NC(=O)c2ccnn2C)cc1. The van der Waals surface area contributed by atoms with Gasteiger partial charge in [-0.3, -0.25) is 38.7 Å². The normalized spacial score (nSPS) is 12.0. The van der Waals surface area contributed by atoms with E-state index in [9.17, 15) is 19.2 Å². The van der Waals surface area contributed by atoms with Crippen LogP contribution in [-0.2, 0) is 47.6 Å². The molecule has 2 atom stereocenters. The number of carbonyl (C=O) groups is 4. The van der Waals surface area contributed by atoms with Crippen molar-refractivity contribution in [2.24, 2.45) is 24.9 Å². The first kappa shape index (κ1) is 64.4. The lowest BCUT2D eigenvalue weighted by atomic mass is 9.91. The zero-order valence-electron chi connectivity index (χ0n) is 51.6. The highest BCUT2D eigenvalue weighted by Crippen LogP contribution is 2.34. The summed E-state index contributed by atoms with van der Waals surface area (Å²) in [6.07, 6.45) is 3.34. The highest BCUT2D eigenvalue weighted by Gasteiger charge is 2.28. The number of rotatable bonds is 19. The molecule has 0 saturated carbocycles. The standard InChI is InChI=1S/C34H34ClN9O2.C34H36ClN7O2/c1-20-31(21(2)41-40-20)22-9-12-27(13-10-22)38-32(45)29(39-33(46)30-15-16-37-44(30)5)19-25-17-24(11-14-28(25)35)23-7-6-8-26(18-23)34(3,4)42-43-36;1-20-31(21(2)41-40-20)22-9-12-27(13-10-22)38-32(43)29(39-33(44)30-15-16-37-42(30)5)19-25-17-24(11-14-28(25)35)23-7-6-8-26(18-23)34(3,4)36/h6-18,29H,19H2,1-5H3,(H,38,45)(H,39,46)(H,40,41);6-18,29H,19,36H2,1-5H3,(H,38,43)(H,39,44)(H,40,41)/t2*29-/m00/s1. The van der Waals surface area contributed by atoms with Gasteiger partial charge in [0.25, 0.3) is 11.8 Å². The van der Waals surface area contributed by atoms with Gasteiger partial charge in [-0.2, -0.15) is 20.4 Å². The third-order valence-electron chi connectivity index (χ3n) is 15.6. The van der Waals surface area contributed by atoms with E-state index in [1.165, 1.54) is 21.8 Å². The number of hydrogen-bond donors (Lipinski definition) is 7. The Morgan fingerprint density at radius 2 is 0.956 bits per heavy atom. The van der Waals surface area contributed by atoms with Crippen molar-refractivity contribution in [1.29, 1.82) is 0 Å². The lowest BCUT2D eigenvalue weighted by Gasteiger charge is -2.21. The quantitative estimate of drug-likeness (QED) is 0.0230. The van der Waals surface area contributed by atoms with Crippen LogP contribution in [0.4, 0.5) is 11.4 Å². The van der Waals surface area contributed by atoms with Gasteiger partial charge < -0.3 is 27.0 Å². The molecule has 0 radical (unpaired) electrons. The molecule has 90 heavy (non-hydrogen) atoms. The second-order valence-electron chi connectivity index (χ2n) is 23.1. The van der Waals surface area contributed by atoms with Crippen molar-refractivity contribution in [2.45, 2.75) is 91.4 Å². The second-order valence-corrected chi connectivity index (χ2v) is 24.0. The number of azide groups is 1. The van der Waals surface area contributed by atoms with Gasteiger partial charge in [-0.25, -0.2) is 0 Å². The number of nitrogens with zero attached hydrogens (tertiary/aromatic N) is 9. The topological polar surface area (TPSA) is 284 Å². The van der Waals surface area contributed by atoms with E-state index < -0.39 is 40.9 Å². The molecular weight excluding hydrogens is 1180 g/mol. The van der Waals surface area contributed by atoms with E-state index in [0.717, 1.165) is 78.4 Å². The van der Waals surface area contributed by atoms with Crippen molar-refractivity contribution in [3.05, 3.63) is 235 Å². The highest BCUT2D eigenvalue weighted by molar-refractivity contribution is 6.32. The number of nitrogens with two attached hydrogens (primary N) is 1. The average molecular weight is 1250 g/mol. The molecule has 22 heteroatoms. The maximum atomic E-state index is 13.8. The Kier molecular flexibility index (Phi) is 19.7. The summed E-state index contributed by atoms with van der Waals surface area (Å²) in [5.74, 6) is -1.64. The number of carbonyl (C=O) groups excluding carboxylic acids is 4. The van der Waals surface area contributed by atoms with Crippen molar-refractivity contribution >= 4 is 58.2 Å². The molecule has 460 valence electrons. The van der Waals surface area contributed by atoms with Crippen molar-refractivity contribution in [3.63, 3.8) is 0 Å². The number of aromatic amines is 2. The number of amides is 4. The Labute approximate surface area is 531 Å². The minimum atomic E-state index is -0.969. The molecule has 8 N–H and O–H groups in total. The number of nitrogens with one attached hydrogen (secondary N) is 6. The molecule has 0 fully saturated rings. The molecule has 4 heterocycles. The molecule has 6 aromatic carbocycles. The number of anilines is 2. The molecule has 0 unspecified atom stereocenters. The molecule has 0 aliphatic heterocycles. The molecule has 0 aliphatic rings. The van der Waals surface area contributed by atoms with Crippen LogP contribution in [0.2, 0.25) is 10.0 Å². The van der Waals surface area contributed by atoms with E-state index in [1.807, 2.05) is 177 Å². The fourth-order valence-corrected chi connectivity index (χ4v) is 10.9. The van der Waals surface area contributed by atoms with Gasteiger partial charge >= 0.3 is 0 Å². The summed E-state index contributed by atoms with van der Waals surface area (Å²) >= 11 is 13.3.